The van der Waals surface area contributed by atoms with Crippen molar-refractivity contribution < 1.29 is 14.1 Å². The summed E-state index contributed by atoms with van der Waals surface area (Å²) in [5.74, 6) is 0.591. The van der Waals surface area contributed by atoms with Crippen LogP contribution in [0.15, 0.2) is 10.6 Å². The monoisotopic (exact) mass is 305 g/mol. The fourth-order valence-corrected chi connectivity index (χ4v) is 3.50. The quantitative estimate of drug-likeness (QED) is 0.836. The number of nitrogens with zero attached hydrogens (tertiary/aromatic N) is 3. The van der Waals surface area contributed by atoms with Gasteiger partial charge in [0.15, 0.2) is 5.69 Å². The summed E-state index contributed by atoms with van der Waals surface area (Å²) in [7, 11) is 0. The maximum Gasteiger partial charge on any atom is 0.276 e. The van der Waals surface area contributed by atoms with Crippen LogP contribution in [0.3, 0.4) is 0 Å². The van der Waals surface area contributed by atoms with Gasteiger partial charge in [-0.05, 0) is 40.0 Å². The molecule has 0 spiro atoms. The van der Waals surface area contributed by atoms with E-state index in [9.17, 15) is 9.59 Å². The van der Waals surface area contributed by atoms with Gasteiger partial charge in [-0.3, -0.25) is 9.59 Å². The van der Waals surface area contributed by atoms with Gasteiger partial charge in [-0.15, -0.1) is 0 Å². The Morgan fingerprint density at radius 3 is 2.41 bits per heavy atom. The highest BCUT2D eigenvalue weighted by molar-refractivity contribution is 5.94. The van der Waals surface area contributed by atoms with Gasteiger partial charge in [-0.1, -0.05) is 5.16 Å². The molecule has 2 amide bonds. The maximum absolute atomic E-state index is 12.7. The summed E-state index contributed by atoms with van der Waals surface area (Å²) in [6.45, 7) is 6.96. The third-order valence-corrected chi connectivity index (χ3v) is 4.81. The summed E-state index contributed by atoms with van der Waals surface area (Å²) >= 11 is 0. The van der Waals surface area contributed by atoms with Crippen LogP contribution in [0.25, 0.3) is 0 Å². The van der Waals surface area contributed by atoms with E-state index in [2.05, 4.69) is 19.0 Å². The van der Waals surface area contributed by atoms with Crippen molar-refractivity contribution in [1.82, 2.24) is 15.0 Å². The topological polar surface area (TPSA) is 66.7 Å². The molecule has 0 bridgehead atoms. The van der Waals surface area contributed by atoms with Crippen molar-refractivity contribution in [3.63, 3.8) is 0 Å². The number of hydrogen-bond donors (Lipinski definition) is 0. The van der Waals surface area contributed by atoms with E-state index in [1.807, 2.05) is 4.90 Å². The summed E-state index contributed by atoms with van der Waals surface area (Å²) in [4.78, 5) is 28.5. The SMILES string of the molecule is Cc1cc(C(=O)N2CC(C(=O)N3C(C)CCCC3C)C2)no1. The Morgan fingerprint density at radius 1 is 1.23 bits per heavy atom. The number of rotatable bonds is 2. The Balaban J connectivity index is 1.58. The molecule has 2 aliphatic rings. The summed E-state index contributed by atoms with van der Waals surface area (Å²) in [6.07, 6.45) is 3.33. The van der Waals surface area contributed by atoms with Gasteiger partial charge in [0.05, 0.1) is 5.92 Å². The van der Waals surface area contributed by atoms with Crippen LogP contribution in [-0.4, -0.2) is 51.9 Å². The van der Waals surface area contributed by atoms with Crippen LogP contribution in [0.1, 0.15) is 49.4 Å². The van der Waals surface area contributed by atoms with Gasteiger partial charge in [0.25, 0.3) is 5.91 Å². The van der Waals surface area contributed by atoms with Gasteiger partial charge < -0.3 is 14.3 Å². The molecular weight excluding hydrogens is 282 g/mol. The minimum Gasteiger partial charge on any atom is -0.361 e. The molecule has 1 aromatic rings. The number of carbonyl (C=O) groups excluding carboxylic acids is 2. The van der Waals surface area contributed by atoms with Crippen molar-refractivity contribution in [2.24, 2.45) is 5.92 Å². The fraction of sp³-hybridized carbons (Fsp3) is 0.688. The standard InChI is InChI=1S/C16H23N3O3/c1-10-5-4-6-11(2)19(10)15(20)13-8-18(9-13)16(21)14-7-12(3)22-17-14/h7,10-11,13H,4-6,8-9H2,1-3H3. The summed E-state index contributed by atoms with van der Waals surface area (Å²) < 4.78 is 4.93. The Hall–Kier alpha value is -1.85. The van der Waals surface area contributed by atoms with Crippen molar-refractivity contribution in [2.45, 2.75) is 52.1 Å². The summed E-state index contributed by atoms with van der Waals surface area (Å²) in [5.41, 5.74) is 0.322. The smallest absolute Gasteiger partial charge is 0.276 e. The van der Waals surface area contributed by atoms with Gasteiger partial charge in [-0.25, -0.2) is 0 Å². The van der Waals surface area contributed by atoms with Crippen molar-refractivity contribution in [3.05, 3.63) is 17.5 Å². The second-order valence-corrected chi connectivity index (χ2v) is 6.60. The Bertz CT molecular complexity index is 567. The fourth-order valence-electron chi connectivity index (χ4n) is 3.50. The van der Waals surface area contributed by atoms with Crippen LogP contribution in [0, 0.1) is 12.8 Å². The maximum atomic E-state index is 12.7. The lowest BCUT2D eigenvalue weighted by Crippen LogP contribution is -2.59. The number of piperidine rings is 1. The van der Waals surface area contributed by atoms with Gasteiger partial charge in [-0.2, -0.15) is 0 Å². The van der Waals surface area contributed by atoms with E-state index in [-0.39, 0.29) is 17.7 Å². The highest BCUT2D eigenvalue weighted by atomic mass is 16.5. The third-order valence-electron chi connectivity index (χ3n) is 4.81. The lowest BCUT2D eigenvalue weighted by atomic mass is 9.92. The van der Waals surface area contributed by atoms with Gasteiger partial charge in [0.1, 0.15) is 5.76 Å². The molecule has 1 aromatic heterocycles. The van der Waals surface area contributed by atoms with Crippen LogP contribution >= 0.6 is 0 Å². The van der Waals surface area contributed by atoms with Gasteiger partial charge in [0, 0.05) is 31.2 Å². The van der Waals surface area contributed by atoms with E-state index >= 15 is 0 Å². The second kappa shape index (κ2) is 5.74. The zero-order valence-electron chi connectivity index (χ0n) is 13.4. The Labute approximate surface area is 130 Å². The van der Waals surface area contributed by atoms with Crippen molar-refractivity contribution in [1.29, 1.82) is 0 Å². The first-order valence-electron chi connectivity index (χ1n) is 8.02. The molecule has 2 atom stereocenters. The Morgan fingerprint density at radius 2 is 1.86 bits per heavy atom. The Kier molecular flexibility index (Phi) is 3.93. The number of hydrogen-bond acceptors (Lipinski definition) is 4. The zero-order valence-corrected chi connectivity index (χ0v) is 13.4. The number of likely N-dealkylation sites (tertiary alicyclic amines) is 2. The molecule has 2 aliphatic heterocycles. The molecule has 120 valence electrons. The van der Waals surface area contributed by atoms with Crippen LogP contribution < -0.4 is 0 Å². The van der Waals surface area contributed by atoms with Crippen molar-refractivity contribution in [2.75, 3.05) is 13.1 Å². The summed E-state index contributed by atoms with van der Waals surface area (Å²) in [6, 6.07) is 2.24. The predicted octanol–water partition coefficient (Wildman–Crippen LogP) is 1.84. The molecule has 6 nitrogen and oxygen atoms in total. The highest BCUT2D eigenvalue weighted by Crippen LogP contribution is 2.28. The molecule has 2 unspecified atom stereocenters. The van der Waals surface area contributed by atoms with E-state index in [4.69, 9.17) is 4.52 Å². The predicted molar refractivity (Wildman–Crippen MR) is 80.3 cm³/mol. The first-order valence-corrected chi connectivity index (χ1v) is 8.02. The van der Waals surface area contributed by atoms with E-state index in [1.165, 1.54) is 6.42 Å². The number of aromatic nitrogens is 1. The minimum atomic E-state index is -0.152. The molecule has 3 rings (SSSR count). The van der Waals surface area contributed by atoms with E-state index in [0.29, 0.717) is 36.6 Å². The van der Waals surface area contributed by atoms with Gasteiger partial charge >= 0.3 is 0 Å². The number of aryl methyl sites for hydroxylation is 1. The molecule has 0 saturated carbocycles. The molecule has 0 aromatic carbocycles. The lowest BCUT2D eigenvalue weighted by Gasteiger charge is -2.45. The van der Waals surface area contributed by atoms with E-state index in [0.717, 1.165) is 12.8 Å². The first-order chi connectivity index (χ1) is 10.5. The number of amides is 2. The molecule has 2 fully saturated rings. The minimum absolute atomic E-state index is 0.0695. The number of carbonyl (C=O) groups is 2. The van der Waals surface area contributed by atoms with Crippen LogP contribution in [0.4, 0.5) is 0 Å². The normalized spacial score (nSPS) is 26.0. The molecule has 0 N–H and O–H groups in total. The van der Waals surface area contributed by atoms with Crippen molar-refractivity contribution >= 4 is 11.8 Å². The molecule has 3 heterocycles. The average molecular weight is 305 g/mol. The van der Waals surface area contributed by atoms with Crippen LogP contribution in [0.5, 0.6) is 0 Å². The lowest BCUT2D eigenvalue weighted by molar-refractivity contribution is -0.146. The molecule has 0 radical (unpaired) electrons. The molecule has 2 saturated heterocycles. The van der Waals surface area contributed by atoms with Crippen molar-refractivity contribution in [3.8, 4) is 0 Å². The highest BCUT2D eigenvalue weighted by Gasteiger charge is 2.41. The second-order valence-electron chi connectivity index (χ2n) is 6.60. The largest absolute Gasteiger partial charge is 0.361 e. The molecule has 22 heavy (non-hydrogen) atoms. The van der Waals surface area contributed by atoms with Crippen LogP contribution in [0.2, 0.25) is 0 Å². The van der Waals surface area contributed by atoms with Crippen LogP contribution in [-0.2, 0) is 4.79 Å². The van der Waals surface area contributed by atoms with E-state index in [1.54, 1.807) is 17.9 Å². The molecule has 6 heteroatoms. The molecular formula is C16H23N3O3. The molecule has 0 aliphatic carbocycles. The van der Waals surface area contributed by atoms with Gasteiger partial charge in [0.2, 0.25) is 5.91 Å². The third kappa shape index (κ3) is 2.62. The zero-order chi connectivity index (χ0) is 15.9. The first kappa shape index (κ1) is 15.1. The summed E-state index contributed by atoms with van der Waals surface area (Å²) in [5, 5.41) is 3.74. The van der Waals surface area contributed by atoms with E-state index < -0.39 is 0 Å². The average Bonchev–Trinajstić information content (AvgIpc) is 2.83.